The molecule has 0 spiro atoms. The third-order valence-electron chi connectivity index (χ3n) is 4.56. The molecule has 8 nitrogen and oxygen atoms in total. The summed E-state index contributed by atoms with van der Waals surface area (Å²) in [7, 11) is 1.47. The lowest BCUT2D eigenvalue weighted by Gasteiger charge is -2.33. The lowest BCUT2D eigenvalue weighted by atomic mass is 9.98. The second kappa shape index (κ2) is 10.8. The quantitative estimate of drug-likeness (QED) is 0.690. The number of benzene rings is 1. The highest BCUT2D eigenvalue weighted by Crippen LogP contribution is 2.26. The second-order valence-electron chi connectivity index (χ2n) is 8.11. The van der Waals surface area contributed by atoms with E-state index in [1.165, 1.54) is 14.0 Å². The summed E-state index contributed by atoms with van der Waals surface area (Å²) in [6.07, 6.45) is 0.580. The summed E-state index contributed by atoms with van der Waals surface area (Å²) in [5.74, 6) is 0.483. The number of amides is 2. The number of ether oxygens (including phenoxy) is 3. The molecule has 2 amide bonds. The van der Waals surface area contributed by atoms with Gasteiger partial charge in [-0.3, -0.25) is 10.1 Å². The minimum Gasteiger partial charge on any atom is -0.495 e. The molecular weight excluding hydrogens is 388 g/mol. The first-order valence-corrected chi connectivity index (χ1v) is 9.69. The van der Waals surface area contributed by atoms with Gasteiger partial charge < -0.3 is 19.1 Å². The lowest BCUT2D eigenvalue weighted by molar-refractivity contribution is 0.0152. The van der Waals surface area contributed by atoms with E-state index in [1.54, 1.807) is 23.1 Å². The van der Waals surface area contributed by atoms with E-state index < -0.39 is 11.7 Å². The topological polar surface area (TPSA) is 94.2 Å². The van der Waals surface area contributed by atoms with Crippen molar-refractivity contribution < 1.29 is 28.6 Å². The van der Waals surface area contributed by atoms with Crippen LogP contribution in [0.15, 0.2) is 18.2 Å². The van der Waals surface area contributed by atoms with Crippen LogP contribution in [0, 0.1) is 5.92 Å². The van der Waals surface area contributed by atoms with Crippen molar-refractivity contribution in [3.05, 3.63) is 23.8 Å². The number of carbonyl (C=O) groups excluding carboxylic acids is 3. The molecule has 0 aromatic heterocycles. The Labute approximate surface area is 178 Å². The van der Waals surface area contributed by atoms with Gasteiger partial charge in [0, 0.05) is 18.7 Å². The molecule has 1 saturated heterocycles. The number of nitrogens with one attached hydrogen (secondary N) is 1. The van der Waals surface area contributed by atoms with Crippen LogP contribution in [0.25, 0.3) is 0 Å². The Morgan fingerprint density at radius 3 is 2.33 bits per heavy atom. The van der Waals surface area contributed by atoms with Crippen LogP contribution in [-0.4, -0.2) is 55.3 Å². The van der Waals surface area contributed by atoms with Crippen LogP contribution in [0.4, 0.5) is 15.3 Å². The SMILES string of the molecule is C.COc1cc(C(C)=O)ccc1NC(=O)OCC1CCN(C(=O)OC(C)(C)C)CC1. The van der Waals surface area contributed by atoms with Gasteiger partial charge in [-0.15, -0.1) is 0 Å². The standard InChI is InChI=1S/C21H30N2O6.CH4/c1-14(24)16-6-7-17(18(12-16)27-5)22-19(25)28-13-15-8-10-23(11-9-15)20(26)29-21(2,3)4;/h6-7,12,15H,8-11,13H2,1-5H3,(H,22,25);1H4. The lowest BCUT2D eigenvalue weighted by Crippen LogP contribution is -2.42. The Bertz CT molecular complexity index is 748. The highest BCUT2D eigenvalue weighted by atomic mass is 16.6. The molecule has 1 aliphatic rings. The van der Waals surface area contributed by atoms with E-state index in [2.05, 4.69) is 5.32 Å². The molecule has 0 unspecified atom stereocenters. The molecule has 1 fully saturated rings. The first-order valence-electron chi connectivity index (χ1n) is 9.69. The largest absolute Gasteiger partial charge is 0.495 e. The molecule has 2 rings (SSSR count). The molecule has 1 aliphatic heterocycles. The zero-order valence-corrected chi connectivity index (χ0v) is 17.7. The van der Waals surface area contributed by atoms with Crippen molar-refractivity contribution in [3.8, 4) is 5.75 Å². The van der Waals surface area contributed by atoms with Crippen molar-refractivity contribution in [3.63, 3.8) is 0 Å². The average Bonchev–Trinajstić information content (AvgIpc) is 2.65. The molecule has 0 saturated carbocycles. The number of nitrogens with zero attached hydrogens (tertiary/aromatic N) is 1. The monoisotopic (exact) mass is 422 g/mol. The molecule has 1 heterocycles. The van der Waals surface area contributed by atoms with E-state index in [0.717, 1.165) is 12.8 Å². The number of piperidine rings is 1. The normalized spacial score (nSPS) is 14.4. The Morgan fingerprint density at radius 2 is 1.80 bits per heavy atom. The van der Waals surface area contributed by atoms with Crippen LogP contribution >= 0.6 is 0 Å². The van der Waals surface area contributed by atoms with Crippen LogP contribution in [0.2, 0.25) is 0 Å². The van der Waals surface area contributed by atoms with Crippen LogP contribution < -0.4 is 10.1 Å². The maximum absolute atomic E-state index is 12.1. The van der Waals surface area contributed by atoms with Crippen molar-refractivity contribution in [1.29, 1.82) is 0 Å². The van der Waals surface area contributed by atoms with Gasteiger partial charge in [0.05, 0.1) is 19.4 Å². The predicted octanol–water partition coefficient (Wildman–Crippen LogP) is 4.73. The summed E-state index contributed by atoms with van der Waals surface area (Å²) in [5.41, 5.74) is 0.415. The van der Waals surface area contributed by atoms with Gasteiger partial charge >= 0.3 is 12.2 Å². The van der Waals surface area contributed by atoms with Crippen molar-refractivity contribution in [1.82, 2.24) is 4.90 Å². The Balaban J connectivity index is 0.00000450. The first-order chi connectivity index (χ1) is 13.6. The molecule has 168 valence electrons. The van der Waals surface area contributed by atoms with Crippen LogP contribution in [0.1, 0.15) is 58.3 Å². The van der Waals surface area contributed by atoms with E-state index >= 15 is 0 Å². The number of rotatable bonds is 5. The molecule has 1 aromatic carbocycles. The molecule has 1 aromatic rings. The number of hydrogen-bond donors (Lipinski definition) is 1. The summed E-state index contributed by atoms with van der Waals surface area (Å²) in [5, 5.41) is 2.64. The average molecular weight is 423 g/mol. The molecule has 0 bridgehead atoms. The van der Waals surface area contributed by atoms with Crippen molar-refractivity contribution in [2.24, 2.45) is 5.92 Å². The fourth-order valence-electron chi connectivity index (χ4n) is 2.96. The third kappa shape index (κ3) is 7.57. The number of carbonyl (C=O) groups is 3. The van der Waals surface area contributed by atoms with E-state index in [4.69, 9.17) is 14.2 Å². The smallest absolute Gasteiger partial charge is 0.411 e. The van der Waals surface area contributed by atoms with Gasteiger partial charge in [0.2, 0.25) is 0 Å². The van der Waals surface area contributed by atoms with Gasteiger partial charge in [-0.1, -0.05) is 7.43 Å². The number of Topliss-reactive ketones (excluding diaryl/α,β-unsaturated/α-hetero) is 1. The summed E-state index contributed by atoms with van der Waals surface area (Å²) in [4.78, 5) is 37.4. The third-order valence-corrected chi connectivity index (χ3v) is 4.56. The zero-order chi connectivity index (χ0) is 21.6. The molecule has 8 heteroatoms. The number of ketones is 1. The van der Waals surface area contributed by atoms with Gasteiger partial charge in [0.15, 0.2) is 5.78 Å². The van der Waals surface area contributed by atoms with E-state index in [1.807, 2.05) is 20.8 Å². The molecule has 1 N–H and O–H groups in total. The molecule has 0 atom stereocenters. The highest BCUT2D eigenvalue weighted by Gasteiger charge is 2.27. The Hall–Kier alpha value is -2.77. The Morgan fingerprint density at radius 1 is 1.17 bits per heavy atom. The maximum Gasteiger partial charge on any atom is 0.411 e. The minimum absolute atomic E-state index is 0. The van der Waals surface area contributed by atoms with Gasteiger partial charge in [0.25, 0.3) is 0 Å². The minimum atomic E-state index is -0.589. The van der Waals surface area contributed by atoms with Crippen LogP contribution in [0.5, 0.6) is 5.75 Å². The van der Waals surface area contributed by atoms with Crippen LogP contribution in [-0.2, 0) is 9.47 Å². The summed E-state index contributed by atoms with van der Waals surface area (Å²) in [6, 6.07) is 4.80. The molecular formula is C22H34N2O6. The number of hydrogen-bond acceptors (Lipinski definition) is 6. The summed E-state index contributed by atoms with van der Waals surface area (Å²) < 4.78 is 15.9. The highest BCUT2D eigenvalue weighted by molar-refractivity contribution is 5.96. The maximum atomic E-state index is 12.1. The van der Waals surface area contributed by atoms with Gasteiger partial charge in [-0.25, -0.2) is 9.59 Å². The summed E-state index contributed by atoms with van der Waals surface area (Å²) in [6.45, 7) is 8.40. The van der Waals surface area contributed by atoms with Gasteiger partial charge in [-0.2, -0.15) is 0 Å². The number of anilines is 1. The van der Waals surface area contributed by atoms with Crippen molar-refractivity contribution in [2.45, 2.75) is 53.6 Å². The van der Waals surface area contributed by atoms with Crippen LogP contribution in [0.3, 0.4) is 0 Å². The van der Waals surface area contributed by atoms with Gasteiger partial charge in [-0.05, 0) is 64.7 Å². The fraction of sp³-hybridized carbons (Fsp3) is 0.591. The summed E-state index contributed by atoms with van der Waals surface area (Å²) >= 11 is 0. The Kier molecular flexibility index (Phi) is 9.14. The van der Waals surface area contributed by atoms with Crippen molar-refractivity contribution in [2.75, 3.05) is 32.1 Å². The van der Waals surface area contributed by atoms with E-state index in [9.17, 15) is 14.4 Å². The molecule has 0 radical (unpaired) electrons. The van der Waals surface area contributed by atoms with Gasteiger partial charge in [0.1, 0.15) is 11.4 Å². The van der Waals surface area contributed by atoms with Crippen molar-refractivity contribution >= 4 is 23.7 Å². The molecule has 30 heavy (non-hydrogen) atoms. The fourth-order valence-corrected chi connectivity index (χ4v) is 2.96. The molecule has 0 aliphatic carbocycles. The van der Waals surface area contributed by atoms with E-state index in [0.29, 0.717) is 30.1 Å². The number of methoxy groups -OCH3 is 1. The predicted molar refractivity (Wildman–Crippen MR) is 115 cm³/mol. The zero-order valence-electron chi connectivity index (χ0n) is 17.7. The number of likely N-dealkylation sites (tertiary alicyclic amines) is 1. The first kappa shape index (κ1) is 25.3. The van der Waals surface area contributed by atoms with E-state index in [-0.39, 0.29) is 31.8 Å². The second-order valence-corrected chi connectivity index (χ2v) is 8.11.